The number of hydrogen-bond donors (Lipinski definition) is 2. The second-order valence-corrected chi connectivity index (χ2v) is 7.10. The second kappa shape index (κ2) is 9.04. The van der Waals surface area contributed by atoms with E-state index in [2.05, 4.69) is 24.1 Å². The van der Waals surface area contributed by atoms with E-state index in [4.69, 9.17) is 5.11 Å². The molecule has 4 nitrogen and oxygen atoms in total. The van der Waals surface area contributed by atoms with Crippen LogP contribution in [0.4, 0.5) is 0 Å². The Bertz CT molecular complexity index is 494. The molecule has 1 aliphatic heterocycles. The molecule has 1 fully saturated rings. The molecule has 2 atom stereocenters. The van der Waals surface area contributed by atoms with Gasteiger partial charge in [-0.2, -0.15) is 0 Å². The quantitative estimate of drug-likeness (QED) is 0.723. The van der Waals surface area contributed by atoms with E-state index in [1.54, 1.807) is 18.2 Å². The molecule has 0 radical (unpaired) electrons. The SMILES string of the molecule is CC1CC(C)CN(CCCCNCc2cccc(C(=O)O)c2)C1. The number of hydrogen-bond acceptors (Lipinski definition) is 3. The highest BCUT2D eigenvalue weighted by molar-refractivity contribution is 5.87. The minimum Gasteiger partial charge on any atom is -0.478 e. The van der Waals surface area contributed by atoms with Gasteiger partial charge in [-0.25, -0.2) is 4.79 Å². The molecule has 128 valence electrons. The maximum Gasteiger partial charge on any atom is 0.335 e. The number of benzene rings is 1. The molecule has 1 aromatic rings. The zero-order valence-corrected chi connectivity index (χ0v) is 14.4. The normalized spacial score (nSPS) is 22.2. The Morgan fingerprint density at radius 3 is 2.70 bits per heavy atom. The number of carbonyl (C=O) groups is 1. The molecule has 23 heavy (non-hydrogen) atoms. The number of rotatable bonds is 8. The third-order valence-electron chi connectivity index (χ3n) is 4.53. The highest BCUT2D eigenvalue weighted by Gasteiger charge is 2.20. The number of carboxylic acids is 1. The van der Waals surface area contributed by atoms with Gasteiger partial charge in [-0.1, -0.05) is 26.0 Å². The van der Waals surface area contributed by atoms with E-state index in [0.29, 0.717) is 5.56 Å². The van der Waals surface area contributed by atoms with Crippen molar-refractivity contribution in [3.05, 3.63) is 35.4 Å². The Morgan fingerprint density at radius 2 is 2.00 bits per heavy atom. The molecule has 2 unspecified atom stereocenters. The summed E-state index contributed by atoms with van der Waals surface area (Å²) < 4.78 is 0. The van der Waals surface area contributed by atoms with Gasteiger partial charge in [0.05, 0.1) is 5.56 Å². The minimum absolute atomic E-state index is 0.359. The fourth-order valence-corrected chi connectivity index (χ4v) is 3.61. The van der Waals surface area contributed by atoms with Gasteiger partial charge in [0.15, 0.2) is 0 Å². The number of likely N-dealkylation sites (tertiary alicyclic amines) is 1. The Hall–Kier alpha value is -1.39. The van der Waals surface area contributed by atoms with Gasteiger partial charge in [-0.3, -0.25) is 0 Å². The van der Waals surface area contributed by atoms with E-state index in [1.807, 2.05) is 6.07 Å². The first-order chi connectivity index (χ1) is 11.0. The van der Waals surface area contributed by atoms with Gasteiger partial charge < -0.3 is 15.3 Å². The first kappa shape index (κ1) is 18.0. The van der Waals surface area contributed by atoms with Crippen molar-refractivity contribution in [2.24, 2.45) is 11.8 Å². The fraction of sp³-hybridized carbons (Fsp3) is 0.632. The summed E-state index contributed by atoms with van der Waals surface area (Å²) in [5, 5.41) is 12.4. The molecule has 1 aliphatic rings. The highest BCUT2D eigenvalue weighted by atomic mass is 16.4. The highest BCUT2D eigenvalue weighted by Crippen LogP contribution is 2.20. The van der Waals surface area contributed by atoms with Crippen LogP contribution in [-0.2, 0) is 6.54 Å². The van der Waals surface area contributed by atoms with Crippen molar-refractivity contribution in [2.45, 2.75) is 39.7 Å². The zero-order valence-electron chi connectivity index (χ0n) is 14.4. The molecule has 1 aromatic carbocycles. The number of piperidine rings is 1. The average Bonchev–Trinajstić information content (AvgIpc) is 2.50. The van der Waals surface area contributed by atoms with Crippen molar-refractivity contribution < 1.29 is 9.90 Å². The smallest absolute Gasteiger partial charge is 0.335 e. The van der Waals surface area contributed by atoms with Gasteiger partial charge in [0.2, 0.25) is 0 Å². The van der Waals surface area contributed by atoms with E-state index in [-0.39, 0.29) is 0 Å². The summed E-state index contributed by atoms with van der Waals surface area (Å²) in [6.07, 6.45) is 3.76. The van der Waals surface area contributed by atoms with Gasteiger partial charge in [0.1, 0.15) is 0 Å². The van der Waals surface area contributed by atoms with Crippen molar-refractivity contribution in [3.63, 3.8) is 0 Å². The van der Waals surface area contributed by atoms with Crippen LogP contribution in [0.25, 0.3) is 0 Å². The molecule has 0 bridgehead atoms. The molecular formula is C19H30N2O2. The molecule has 2 rings (SSSR count). The molecule has 0 amide bonds. The number of unbranched alkanes of at least 4 members (excludes halogenated alkanes) is 1. The summed E-state index contributed by atoms with van der Waals surface area (Å²) in [7, 11) is 0. The van der Waals surface area contributed by atoms with Crippen LogP contribution in [-0.4, -0.2) is 42.2 Å². The van der Waals surface area contributed by atoms with Gasteiger partial charge in [0.25, 0.3) is 0 Å². The van der Waals surface area contributed by atoms with Gasteiger partial charge in [-0.05, 0) is 61.9 Å². The number of nitrogens with one attached hydrogen (secondary N) is 1. The lowest BCUT2D eigenvalue weighted by molar-refractivity contribution is 0.0696. The van der Waals surface area contributed by atoms with E-state index < -0.39 is 5.97 Å². The monoisotopic (exact) mass is 318 g/mol. The Labute approximate surface area is 139 Å². The number of nitrogens with zero attached hydrogens (tertiary/aromatic N) is 1. The maximum absolute atomic E-state index is 10.9. The molecule has 0 aliphatic carbocycles. The van der Waals surface area contributed by atoms with Crippen LogP contribution in [0.1, 0.15) is 49.0 Å². The van der Waals surface area contributed by atoms with Crippen LogP contribution in [0.2, 0.25) is 0 Å². The van der Waals surface area contributed by atoms with Gasteiger partial charge in [0, 0.05) is 19.6 Å². The first-order valence-corrected chi connectivity index (χ1v) is 8.80. The molecule has 1 heterocycles. The largest absolute Gasteiger partial charge is 0.478 e. The lowest BCUT2D eigenvalue weighted by atomic mass is 9.92. The van der Waals surface area contributed by atoms with Gasteiger partial charge in [-0.15, -0.1) is 0 Å². The summed E-state index contributed by atoms with van der Waals surface area (Å²) in [5.41, 5.74) is 1.39. The Morgan fingerprint density at radius 1 is 1.26 bits per heavy atom. The van der Waals surface area contributed by atoms with Crippen LogP contribution in [0.3, 0.4) is 0 Å². The summed E-state index contributed by atoms with van der Waals surface area (Å²) in [6.45, 7) is 10.1. The molecule has 0 spiro atoms. The summed E-state index contributed by atoms with van der Waals surface area (Å²) >= 11 is 0. The molecule has 0 saturated carbocycles. The summed E-state index contributed by atoms with van der Waals surface area (Å²) in [4.78, 5) is 13.5. The molecule has 0 aromatic heterocycles. The minimum atomic E-state index is -0.864. The fourth-order valence-electron chi connectivity index (χ4n) is 3.61. The van der Waals surface area contributed by atoms with E-state index >= 15 is 0 Å². The zero-order chi connectivity index (χ0) is 16.7. The van der Waals surface area contributed by atoms with Gasteiger partial charge >= 0.3 is 5.97 Å². The van der Waals surface area contributed by atoms with E-state index in [1.165, 1.54) is 32.5 Å². The maximum atomic E-state index is 10.9. The molecule has 2 N–H and O–H groups in total. The Balaban J connectivity index is 1.59. The number of aromatic carboxylic acids is 1. The summed E-state index contributed by atoms with van der Waals surface area (Å²) in [6, 6.07) is 7.15. The van der Waals surface area contributed by atoms with Crippen LogP contribution < -0.4 is 5.32 Å². The summed E-state index contributed by atoms with van der Waals surface area (Å²) in [5.74, 6) is 0.800. The Kier molecular flexibility index (Phi) is 7.06. The lowest BCUT2D eigenvalue weighted by Crippen LogP contribution is -2.39. The van der Waals surface area contributed by atoms with E-state index in [9.17, 15) is 4.79 Å². The lowest BCUT2D eigenvalue weighted by Gasteiger charge is -2.34. The average molecular weight is 318 g/mol. The van der Waals surface area contributed by atoms with Crippen LogP contribution in [0.5, 0.6) is 0 Å². The molecule has 4 heteroatoms. The molecular weight excluding hydrogens is 288 g/mol. The number of carboxylic acid groups (broad SMARTS) is 1. The van der Waals surface area contributed by atoms with Crippen molar-refractivity contribution in [1.29, 1.82) is 0 Å². The third-order valence-corrected chi connectivity index (χ3v) is 4.53. The predicted molar refractivity (Wildman–Crippen MR) is 93.7 cm³/mol. The second-order valence-electron chi connectivity index (χ2n) is 7.10. The van der Waals surface area contributed by atoms with Crippen molar-refractivity contribution in [1.82, 2.24) is 10.2 Å². The topological polar surface area (TPSA) is 52.6 Å². The first-order valence-electron chi connectivity index (χ1n) is 8.80. The predicted octanol–water partition coefficient (Wildman–Crippen LogP) is 3.23. The van der Waals surface area contributed by atoms with Crippen LogP contribution >= 0.6 is 0 Å². The molecule has 1 saturated heterocycles. The van der Waals surface area contributed by atoms with Crippen molar-refractivity contribution in [2.75, 3.05) is 26.2 Å². The van der Waals surface area contributed by atoms with Crippen molar-refractivity contribution in [3.8, 4) is 0 Å². The standard InChI is InChI=1S/C19H30N2O2/c1-15-10-16(2)14-21(13-15)9-4-3-8-20-12-17-6-5-7-18(11-17)19(22)23/h5-7,11,15-16,20H,3-4,8-10,12-14H2,1-2H3,(H,22,23). The van der Waals surface area contributed by atoms with Crippen LogP contribution in [0.15, 0.2) is 24.3 Å². The van der Waals surface area contributed by atoms with E-state index in [0.717, 1.165) is 36.9 Å². The van der Waals surface area contributed by atoms with Crippen molar-refractivity contribution >= 4 is 5.97 Å². The van der Waals surface area contributed by atoms with Crippen LogP contribution in [0, 0.1) is 11.8 Å². The third kappa shape index (κ3) is 6.32.